The van der Waals surface area contributed by atoms with Crippen LogP contribution in [-0.4, -0.2) is 4.98 Å². The van der Waals surface area contributed by atoms with E-state index < -0.39 is 0 Å². The molecule has 11 heavy (non-hydrogen) atoms. The zero-order valence-corrected chi connectivity index (χ0v) is 7.94. The van der Waals surface area contributed by atoms with Gasteiger partial charge in [0.1, 0.15) is 6.07 Å². The summed E-state index contributed by atoms with van der Waals surface area (Å²) in [6.45, 7) is 3.79. The first-order valence-electron chi connectivity index (χ1n) is 3.18. The molecule has 0 unspecified atom stereocenters. The van der Waals surface area contributed by atoms with Crippen LogP contribution in [0.2, 0.25) is 0 Å². The second-order valence-electron chi connectivity index (χ2n) is 2.30. The SMILES string of the molecule is Cc1ncc(Br)c(C#N)c1C. The third kappa shape index (κ3) is 1.41. The molecule has 1 aromatic heterocycles. The van der Waals surface area contributed by atoms with E-state index in [1.54, 1.807) is 6.20 Å². The molecule has 1 heterocycles. The number of hydrogen-bond donors (Lipinski definition) is 0. The topological polar surface area (TPSA) is 36.7 Å². The highest BCUT2D eigenvalue weighted by Crippen LogP contribution is 2.19. The van der Waals surface area contributed by atoms with E-state index in [0.717, 1.165) is 15.7 Å². The smallest absolute Gasteiger partial charge is 0.101 e. The van der Waals surface area contributed by atoms with E-state index in [4.69, 9.17) is 5.26 Å². The van der Waals surface area contributed by atoms with Crippen molar-refractivity contribution < 1.29 is 0 Å². The van der Waals surface area contributed by atoms with Gasteiger partial charge in [-0.1, -0.05) is 0 Å². The van der Waals surface area contributed by atoms with Crippen LogP contribution in [0.15, 0.2) is 10.7 Å². The van der Waals surface area contributed by atoms with Gasteiger partial charge in [0.25, 0.3) is 0 Å². The van der Waals surface area contributed by atoms with Gasteiger partial charge in [-0.25, -0.2) is 0 Å². The summed E-state index contributed by atoms with van der Waals surface area (Å²) in [7, 11) is 0. The molecule has 0 radical (unpaired) electrons. The lowest BCUT2D eigenvalue weighted by Gasteiger charge is -2.01. The number of aromatic nitrogens is 1. The Labute approximate surface area is 74.0 Å². The summed E-state index contributed by atoms with van der Waals surface area (Å²) in [6.07, 6.45) is 1.65. The molecule has 2 nitrogen and oxygen atoms in total. The van der Waals surface area contributed by atoms with E-state index in [9.17, 15) is 0 Å². The van der Waals surface area contributed by atoms with Crippen molar-refractivity contribution in [1.29, 1.82) is 5.26 Å². The van der Waals surface area contributed by atoms with Crippen LogP contribution < -0.4 is 0 Å². The highest BCUT2D eigenvalue weighted by atomic mass is 79.9. The quantitative estimate of drug-likeness (QED) is 0.660. The van der Waals surface area contributed by atoms with Gasteiger partial charge in [-0.05, 0) is 35.3 Å². The summed E-state index contributed by atoms with van der Waals surface area (Å²) in [5.41, 5.74) is 2.53. The van der Waals surface area contributed by atoms with Crippen LogP contribution in [0.5, 0.6) is 0 Å². The Balaban J connectivity index is 3.44. The van der Waals surface area contributed by atoms with Crippen molar-refractivity contribution in [3.8, 4) is 6.07 Å². The molecule has 0 bridgehead atoms. The second kappa shape index (κ2) is 3.02. The molecule has 0 aliphatic carbocycles. The molecule has 3 heteroatoms. The van der Waals surface area contributed by atoms with Crippen LogP contribution in [-0.2, 0) is 0 Å². The predicted octanol–water partition coefficient (Wildman–Crippen LogP) is 2.33. The highest BCUT2D eigenvalue weighted by Gasteiger charge is 2.04. The number of nitriles is 1. The van der Waals surface area contributed by atoms with Crippen LogP contribution in [0.4, 0.5) is 0 Å². The number of nitrogens with zero attached hydrogens (tertiary/aromatic N) is 2. The van der Waals surface area contributed by atoms with Gasteiger partial charge in [0, 0.05) is 11.9 Å². The second-order valence-corrected chi connectivity index (χ2v) is 3.16. The monoisotopic (exact) mass is 210 g/mol. The molecule has 1 aromatic rings. The van der Waals surface area contributed by atoms with Gasteiger partial charge < -0.3 is 0 Å². The Morgan fingerprint density at radius 2 is 2.18 bits per heavy atom. The van der Waals surface area contributed by atoms with E-state index >= 15 is 0 Å². The Hall–Kier alpha value is -0.880. The Morgan fingerprint density at radius 3 is 2.64 bits per heavy atom. The van der Waals surface area contributed by atoms with E-state index in [2.05, 4.69) is 27.0 Å². The number of rotatable bonds is 0. The van der Waals surface area contributed by atoms with Gasteiger partial charge >= 0.3 is 0 Å². The average molecular weight is 211 g/mol. The first-order chi connectivity index (χ1) is 5.16. The zero-order valence-electron chi connectivity index (χ0n) is 6.35. The summed E-state index contributed by atoms with van der Waals surface area (Å²) in [4.78, 5) is 4.09. The van der Waals surface area contributed by atoms with Crippen molar-refractivity contribution in [2.24, 2.45) is 0 Å². The molecule has 0 aliphatic heterocycles. The fourth-order valence-electron chi connectivity index (χ4n) is 0.812. The van der Waals surface area contributed by atoms with Crippen molar-refractivity contribution in [2.75, 3.05) is 0 Å². The molecule has 0 amide bonds. The standard InChI is InChI=1S/C8H7BrN2/c1-5-6(2)11-4-8(9)7(5)3-10/h4H,1-2H3. The average Bonchev–Trinajstić information content (AvgIpc) is 1.99. The van der Waals surface area contributed by atoms with Crippen LogP contribution in [0.1, 0.15) is 16.8 Å². The molecular weight excluding hydrogens is 204 g/mol. The largest absolute Gasteiger partial charge is 0.260 e. The molecule has 0 N–H and O–H groups in total. The molecule has 0 saturated carbocycles. The van der Waals surface area contributed by atoms with Crippen molar-refractivity contribution in [3.05, 3.63) is 27.5 Å². The summed E-state index contributed by atoms with van der Waals surface area (Å²) < 4.78 is 0.767. The first-order valence-corrected chi connectivity index (χ1v) is 3.98. The van der Waals surface area contributed by atoms with Gasteiger partial charge in [-0.2, -0.15) is 5.26 Å². The maximum atomic E-state index is 8.72. The summed E-state index contributed by atoms with van der Waals surface area (Å²) in [5, 5.41) is 8.72. The first kappa shape index (κ1) is 8.22. The lowest BCUT2D eigenvalue weighted by atomic mass is 10.1. The Bertz CT molecular complexity index is 326. The molecule has 0 fully saturated rings. The van der Waals surface area contributed by atoms with Crippen LogP contribution in [0.25, 0.3) is 0 Å². The molecule has 1 rings (SSSR count). The van der Waals surface area contributed by atoms with Gasteiger partial charge in [-0.15, -0.1) is 0 Å². The third-order valence-corrected chi connectivity index (χ3v) is 2.24. The normalized spacial score (nSPS) is 9.27. The number of halogens is 1. The number of aryl methyl sites for hydroxylation is 1. The van der Waals surface area contributed by atoms with Gasteiger partial charge in [-0.3, -0.25) is 4.98 Å². The molecule has 0 aliphatic rings. The molecule has 0 spiro atoms. The summed E-state index contributed by atoms with van der Waals surface area (Å²) in [6, 6.07) is 2.12. The van der Waals surface area contributed by atoms with Crippen molar-refractivity contribution in [2.45, 2.75) is 13.8 Å². The lowest BCUT2D eigenvalue weighted by Crippen LogP contribution is -1.91. The minimum Gasteiger partial charge on any atom is -0.260 e. The minimum atomic E-state index is 0.678. The van der Waals surface area contributed by atoms with Gasteiger partial charge in [0.05, 0.1) is 10.0 Å². The van der Waals surface area contributed by atoms with E-state index in [-0.39, 0.29) is 0 Å². The molecule has 0 saturated heterocycles. The third-order valence-electron chi connectivity index (χ3n) is 1.64. The van der Waals surface area contributed by atoms with E-state index in [0.29, 0.717) is 5.56 Å². The molecular formula is C8H7BrN2. The van der Waals surface area contributed by atoms with Crippen LogP contribution in [0.3, 0.4) is 0 Å². The van der Waals surface area contributed by atoms with Crippen LogP contribution in [0, 0.1) is 25.2 Å². The summed E-state index contributed by atoms with van der Waals surface area (Å²) >= 11 is 3.26. The zero-order chi connectivity index (χ0) is 8.43. The summed E-state index contributed by atoms with van der Waals surface area (Å²) in [5.74, 6) is 0. The van der Waals surface area contributed by atoms with Crippen molar-refractivity contribution in [3.63, 3.8) is 0 Å². The fraction of sp³-hybridized carbons (Fsp3) is 0.250. The van der Waals surface area contributed by atoms with E-state index in [1.807, 2.05) is 13.8 Å². The Morgan fingerprint density at radius 1 is 1.55 bits per heavy atom. The van der Waals surface area contributed by atoms with Gasteiger partial charge in [0.2, 0.25) is 0 Å². The van der Waals surface area contributed by atoms with Crippen molar-refractivity contribution >= 4 is 15.9 Å². The predicted molar refractivity (Wildman–Crippen MR) is 46.1 cm³/mol. The van der Waals surface area contributed by atoms with Crippen molar-refractivity contribution in [1.82, 2.24) is 4.98 Å². The lowest BCUT2D eigenvalue weighted by molar-refractivity contribution is 1.13. The van der Waals surface area contributed by atoms with Crippen LogP contribution >= 0.6 is 15.9 Å². The molecule has 56 valence electrons. The fourth-order valence-corrected chi connectivity index (χ4v) is 1.30. The van der Waals surface area contributed by atoms with E-state index in [1.165, 1.54) is 0 Å². The van der Waals surface area contributed by atoms with Gasteiger partial charge in [0.15, 0.2) is 0 Å². The minimum absolute atomic E-state index is 0.678. The highest BCUT2D eigenvalue weighted by molar-refractivity contribution is 9.10. The maximum Gasteiger partial charge on any atom is 0.101 e. The number of hydrogen-bond acceptors (Lipinski definition) is 2. The number of pyridine rings is 1. The maximum absolute atomic E-state index is 8.72. The molecule has 0 aromatic carbocycles. The Kier molecular flexibility index (Phi) is 2.25. The molecule has 0 atom stereocenters.